The van der Waals surface area contributed by atoms with Gasteiger partial charge in [0.15, 0.2) is 0 Å². The molecule has 0 spiro atoms. The van der Waals surface area contributed by atoms with Crippen LogP contribution in [-0.4, -0.2) is 12.0 Å². The zero-order chi connectivity index (χ0) is 12.4. The molecule has 0 amide bonds. The molecule has 2 nitrogen and oxygen atoms in total. The molecule has 0 N–H and O–H groups in total. The smallest absolute Gasteiger partial charge is 0.0594 e. The van der Waals surface area contributed by atoms with E-state index < -0.39 is 0 Å². The van der Waals surface area contributed by atoms with Crippen molar-refractivity contribution >= 4 is 11.4 Å². The van der Waals surface area contributed by atoms with Crippen molar-refractivity contribution in [1.29, 1.82) is 0 Å². The number of hydrogen-bond acceptors (Lipinski definition) is 2. The number of nitrogens with zero attached hydrogens (tertiary/aromatic N) is 2. The van der Waals surface area contributed by atoms with Gasteiger partial charge in [-0.2, -0.15) is 0 Å². The van der Waals surface area contributed by atoms with Crippen molar-refractivity contribution in [3.8, 4) is 0 Å². The van der Waals surface area contributed by atoms with E-state index in [2.05, 4.69) is 41.2 Å². The molecule has 2 heteroatoms. The average molecular weight is 238 g/mol. The standard InChI is InChI=1S/C16H18N2/c1-18(16-7-4-10-17-12-16)15-9-8-13-5-2-3-6-14(13)11-15/h4,7-12H,2-3,5-6H2,1H3. The molecular weight excluding hydrogens is 220 g/mol. The Hall–Kier alpha value is -1.83. The van der Waals surface area contributed by atoms with Crippen LogP contribution in [0.2, 0.25) is 0 Å². The Morgan fingerprint density at radius 2 is 1.83 bits per heavy atom. The highest BCUT2D eigenvalue weighted by Crippen LogP contribution is 2.28. The molecular formula is C16H18N2. The first-order chi connectivity index (χ1) is 8.84. The van der Waals surface area contributed by atoms with Crippen LogP contribution in [0.1, 0.15) is 24.0 Å². The summed E-state index contributed by atoms with van der Waals surface area (Å²) < 4.78 is 0. The van der Waals surface area contributed by atoms with E-state index in [4.69, 9.17) is 0 Å². The highest BCUT2D eigenvalue weighted by molar-refractivity contribution is 5.63. The van der Waals surface area contributed by atoms with Gasteiger partial charge in [-0.15, -0.1) is 0 Å². The zero-order valence-electron chi connectivity index (χ0n) is 10.8. The molecule has 3 rings (SSSR count). The minimum atomic E-state index is 1.13. The van der Waals surface area contributed by atoms with Gasteiger partial charge in [0.05, 0.1) is 11.9 Å². The number of fused-ring (bicyclic) bond motifs is 1. The van der Waals surface area contributed by atoms with Gasteiger partial charge in [-0.25, -0.2) is 0 Å². The van der Waals surface area contributed by atoms with Gasteiger partial charge in [-0.05, 0) is 61.1 Å². The highest BCUT2D eigenvalue weighted by Gasteiger charge is 2.11. The van der Waals surface area contributed by atoms with Crippen LogP contribution in [0.15, 0.2) is 42.7 Å². The van der Waals surface area contributed by atoms with Gasteiger partial charge in [0.2, 0.25) is 0 Å². The molecule has 1 aliphatic carbocycles. The first kappa shape index (κ1) is 11.3. The summed E-state index contributed by atoms with van der Waals surface area (Å²) in [7, 11) is 2.10. The number of rotatable bonds is 2. The largest absolute Gasteiger partial charge is 0.343 e. The molecule has 0 saturated carbocycles. The first-order valence-electron chi connectivity index (χ1n) is 6.60. The van der Waals surface area contributed by atoms with Crippen molar-refractivity contribution in [2.45, 2.75) is 25.7 Å². The summed E-state index contributed by atoms with van der Waals surface area (Å²) in [6.07, 6.45) is 8.85. The number of pyridine rings is 1. The van der Waals surface area contributed by atoms with E-state index in [-0.39, 0.29) is 0 Å². The Kier molecular flexibility index (Phi) is 3.01. The fraction of sp³-hybridized carbons (Fsp3) is 0.312. The molecule has 92 valence electrons. The van der Waals surface area contributed by atoms with E-state index in [1.165, 1.54) is 42.5 Å². The molecule has 0 aliphatic heterocycles. The topological polar surface area (TPSA) is 16.1 Å². The van der Waals surface area contributed by atoms with Gasteiger partial charge in [0.25, 0.3) is 0 Å². The molecule has 0 saturated heterocycles. The van der Waals surface area contributed by atoms with Crippen molar-refractivity contribution in [2.75, 3.05) is 11.9 Å². The predicted octanol–water partition coefficient (Wildman–Crippen LogP) is 3.73. The van der Waals surface area contributed by atoms with Gasteiger partial charge in [-0.1, -0.05) is 6.07 Å². The predicted molar refractivity (Wildman–Crippen MR) is 75.4 cm³/mol. The number of aryl methyl sites for hydroxylation is 2. The number of benzene rings is 1. The lowest BCUT2D eigenvalue weighted by Crippen LogP contribution is -2.11. The maximum atomic E-state index is 4.18. The van der Waals surface area contributed by atoms with E-state index >= 15 is 0 Å². The molecule has 1 aromatic heterocycles. The highest BCUT2D eigenvalue weighted by atomic mass is 15.1. The Morgan fingerprint density at radius 1 is 1.00 bits per heavy atom. The van der Waals surface area contributed by atoms with Gasteiger partial charge >= 0.3 is 0 Å². The van der Waals surface area contributed by atoms with Crippen LogP contribution >= 0.6 is 0 Å². The van der Waals surface area contributed by atoms with E-state index in [1.54, 1.807) is 0 Å². The summed E-state index contributed by atoms with van der Waals surface area (Å²) in [5.74, 6) is 0. The lowest BCUT2D eigenvalue weighted by molar-refractivity contribution is 0.685. The van der Waals surface area contributed by atoms with Gasteiger partial charge in [0, 0.05) is 18.9 Å². The van der Waals surface area contributed by atoms with Crippen molar-refractivity contribution in [3.63, 3.8) is 0 Å². The van der Waals surface area contributed by atoms with Gasteiger partial charge < -0.3 is 4.90 Å². The maximum absolute atomic E-state index is 4.18. The third-order valence-corrected chi connectivity index (χ3v) is 3.75. The Balaban J connectivity index is 1.93. The SMILES string of the molecule is CN(c1cccnc1)c1ccc2c(c1)CCCC2. The molecule has 1 aromatic carbocycles. The van der Waals surface area contributed by atoms with E-state index in [9.17, 15) is 0 Å². The molecule has 1 aliphatic rings. The fourth-order valence-corrected chi connectivity index (χ4v) is 2.63. The number of aromatic nitrogens is 1. The molecule has 1 heterocycles. The lowest BCUT2D eigenvalue weighted by Gasteiger charge is -2.22. The van der Waals surface area contributed by atoms with Crippen LogP contribution < -0.4 is 4.90 Å². The van der Waals surface area contributed by atoms with Crippen LogP contribution in [0.5, 0.6) is 0 Å². The van der Waals surface area contributed by atoms with Gasteiger partial charge in [0.1, 0.15) is 0 Å². The summed E-state index contributed by atoms with van der Waals surface area (Å²) in [4.78, 5) is 6.37. The normalized spacial score (nSPS) is 14.1. The summed E-state index contributed by atoms with van der Waals surface area (Å²) >= 11 is 0. The zero-order valence-corrected chi connectivity index (χ0v) is 10.8. The van der Waals surface area contributed by atoms with Crippen molar-refractivity contribution < 1.29 is 0 Å². The minimum Gasteiger partial charge on any atom is -0.343 e. The summed E-state index contributed by atoms with van der Waals surface area (Å²) in [6.45, 7) is 0. The van der Waals surface area contributed by atoms with E-state index in [1.807, 2.05) is 18.5 Å². The van der Waals surface area contributed by atoms with Crippen molar-refractivity contribution in [2.24, 2.45) is 0 Å². The Labute approximate surface area is 108 Å². The Bertz CT molecular complexity index is 534. The molecule has 0 radical (unpaired) electrons. The fourth-order valence-electron chi connectivity index (χ4n) is 2.63. The molecule has 0 unspecified atom stereocenters. The van der Waals surface area contributed by atoms with Crippen LogP contribution in [0, 0.1) is 0 Å². The van der Waals surface area contributed by atoms with E-state index in [0.29, 0.717) is 0 Å². The molecule has 0 fully saturated rings. The first-order valence-corrected chi connectivity index (χ1v) is 6.60. The second kappa shape index (κ2) is 4.81. The van der Waals surface area contributed by atoms with E-state index in [0.717, 1.165) is 5.69 Å². The number of hydrogen-bond donors (Lipinski definition) is 0. The molecule has 0 bridgehead atoms. The van der Waals surface area contributed by atoms with Crippen LogP contribution in [-0.2, 0) is 12.8 Å². The number of anilines is 2. The third kappa shape index (κ3) is 2.10. The van der Waals surface area contributed by atoms with Crippen molar-refractivity contribution in [1.82, 2.24) is 4.98 Å². The summed E-state index contributed by atoms with van der Waals surface area (Å²) in [5.41, 5.74) is 5.44. The maximum Gasteiger partial charge on any atom is 0.0594 e. The van der Waals surface area contributed by atoms with Gasteiger partial charge in [-0.3, -0.25) is 4.98 Å². The molecule has 2 aromatic rings. The second-order valence-electron chi connectivity index (χ2n) is 4.93. The average Bonchev–Trinajstić information content (AvgIpc) is 2.47. The van der Waals surface area contributed by atoms with Crippen molar-refractivity contribution in [3.05, 3.63) is 53.9 Å². The van der Waals surface area contributed by atoms with Crippen LogP contribution in [0.4, 0.5) is 11.4 Å². The van der Waals surface area contributed by atoms with Crippen LogP contribution in [0.3, 0.4) is 0 Å². The minimum absolute atomic E-state index is 1.13. The monoisotopic (exact) mass is 238 g/mol. The Morgan fingerprint density at radius 3 is 2.61 bits per heavy atom. The molecule has 18 heavy (non-hydrogen) atoms. The lowest BCUT2D eigenvalue weighted by atomic mass is 9.91. The summed E-state index contributed by atoms with van der Waals surface area (Å²) in [6, 6.07) is 10.9. The quantitative estimate of drug-likeness (QED) is 0.792. The molecule has 0 atom stereocenters. The van der Waals surface area contributed by atoms with Crippen LogP contribution in [0.25, 0.3) is 0 Å². The third-order valence-electron chi connectivity index (χ3n) is 3.75. The second-order valence-corrected chi connectivity index (χ2v) is 4.93. The summed E-state index contributed by atoms with van der Waals surface area (Å²) in [5, 5.41) is 0.